The summed E-state index contributed by atoms with van der Waals surface area (Å²) in [6, 6.07) is 5.86. The summed E-state index contributed by atoms with van der Waals surface area (Å²) in [7, 11) is 1.60. The van der Waals surface area contributed by atoms with Crippen molar-refractivity contribution < 1.29 is 14.3 Å². The molecule has 1 N–H and O–H groups in total. The van der Waals surface area contributed by atoms with Gasteiger partial charge < -0.3 is 14.3 Å². The predicted molar refractivity (Wildman–Crippen MR) is 51.3 cm³/mol. The lowest BCUT2D eigenvalue weighted by molar-refractivity contribution is 0.0865. The van der Waals surface area contributed by atoms with E-state index >= 15 is 0 Å². The molecule has 2 rings (SSSR count). The standard InChI is InChI=1S/C10H13NO3/c1-12-11-7-8-2-3-9-10(6-8)14-5-4-13-9/h2-3,6,11H,4-5,7H2,1H3. The van der Waals surface area contributed by atoms with Gasteiger partial charge in [0.1, 0.15) is 13.2 Å². The Hall–Kier alpha value is -1.26. The number of hydrogen-bond donors (Lipinski definition) is 1. The highest BCUT2D eigenvalue weighted by molar-refractivity contribution is 5.43. The fourth-order valence-corrected chi connectivity index (χ4v) is 1.35. The average molecular weight is 195 g/mol. The van der Waals surface area contributed by atoms with E-state index in [0.29, 0.717) is 19.8 Å². The summed E-state index contributed by atoms with van der Waals surface area (Å²) in [5.41, 5.74) is 3.88. The van der Waals surface area contributed by atoms with E-state index in [1.165, 1.54) is 0 Å². The van der Waals surface area contributed by atoms with Gasteiger partial charge in [-0.1, -0.05) is 6.07 Å². The fourth-order valence-electron chi connectivity index (χ4n) is 1.35. The Morgan fingerprint density at radius 1 is 1.29 bits per heavy atom. The van der Waals surface area contributed by atoms with E-state index in [9.17, 15) is 0 Å². The van der Waals surface area contributed by atoms with Crippen LogP contribution in [0.5, 0.6) is 11.5 Å². The van der Waals surface area contributed by atoms with Crippen LogP contribution in [0.25, 0.3) is 0 Å². The molecule has 14 heavy (non-hydrogen) atoms. The smallest absolute Gasteiger partial charge is 0.161 e. The number of benzene rings is 1. The Balaban J connectivity index is 2.12. The van der Waals surface area contributed by atoms with Gasteiger partial charge in [0, 0.05) is 6.54 Å². The number of hydrogen-bond acceptors (Lipinski definition) is 4. The molecule has 4 nitrogen and oxygen atoms in total. The molecule has 4 heteroatoms. The van der Waals surface area contributed by atoms with Gasteiger partial charge in [0.05, 0.1) is 7.11 Å². The summed E-state index contributed by atoms with van der Waals surface area (Å²) in [4.78, 5) is 4.77. The van der Waals surface area contributed by atoms with Gasteiger partial charge in [0.2, 0.25) is 0 Å². The average Bonchev–Trinajstić information content (AvgIpc) is 2.26. The van der Waals surface area contributed by atoms with E-state index in [0.717, 1.165) is 17.1 Å². The van der Waals surface area contributed by atoms with Crippen molar-refractivity contribution in [2.75, 3.05) is 20.3 Å². The molecule has 0 saturated carbocycles. The lowest BCUT2D eigenvalue weighted by Gasteiger charge is -2.18. The molecule has 1 aliphatic rings. The van der Waals surface area contributed by atoms with Crippen molar-refractivity contribution in [2.24, 2.45) is 0 Å². The first-order chi connectivity index (χ1) is 6.90. The van der Waals surface area contributed by atoms with Gasteiger partial charge in [-0.15, -0.1) is 0 Å². The molecule has 1 aromatic carbocycles. The third kappa shape index (κ3) is 1.97. The minimum Gasteiger partial charge on any atom is -0.486 e. The molecule has 0 fully saturated rings. The molecular formula is C10H13NO3. The van der Waals surface area contributed by atoms with Crippen LogP contribution in [0.15, 0.2) is 18.2 Å². The molecule has 0 atom stereocenters. The van der Waals surface area contributed by atoms with Crippen molar-refractivity contribution in [1.82, 2.24) is 5.48 Å². The maximum absolute atomic E-state index is 5.45. The van der Waals surface area contributed by atoms with Crippen LogP contribution in [0.2, 0.25) is 0 Å². The molecule has 0 radical (unpaired) electrons. The first-order valence-corrected chi connectivity index (χ1v) is 4.54. The number of rotatable bonds is 3. The van der Waals surface area contributed by atoms with Crippen LogP contribution in [0, 0.1) is 0 Å². The second-order valence-corrected chi connectivity index (χ2v) is 3.00. The molecule has 76 valence electrons. The van der Waals surface area contributed by atoms with Crippen LogP contribution < -0.4 is 15.0 Å². The Kier molecular flexibility index (Phi) is 2.86. The van der Waals surface area contributed by atoms with Crippen molar-refractivity contribution >= 4 is 0 Å². The van der Waals surface area contributed by atoms with Crippen molar-refractivity contribution in [3.63, 3.8) is 0 Å². The van der Waals surface area contributed by atoms with Gasteiger partial charge in [-0.3, -0.25) is 0 Å². The summed E-state index contributed by atoms with van der Waals surface area (Å²) in [6.45, 7) is 1.91. The number of hydroxylamine groups is 1. The highest BCUT2D eigenvalue weighted by atomic mass is 16.6. The maximum Gasteiger partial charge on any atom is 0.161 e. The largest absolute Gasteiger partial charge is 0.486 e. The summed E-state index contributed by atoms with van der Waals surface area (Å²) in [5, 5.41) is 0. The second-order valence-electron chi connectivity index (χ2n) is 3.00. The first-order valence-electron chi connectivity index (χ1n) is 4.54. The molecule has 0 spiro atoms. The topological polar surface area (TPSA) is 39.7 Å². The molecule has 0 aliphatic carbocycles. The SMILES string of the molecule is CONCc1ccc2c(c1)OCCO2. The minimum atomic E-state index is 0.619. The van der Waals surface area contributed by atoms with Crippen molar-refractivity contribution in [2.45, 2.75) is 6.54 Å². The van der Waals surface area contributed by atoms with Crippen LogP contribution in [0.1, 0.15) is 5.56 Å². The molecule has 0 unspecified atom stereocenters. The van der Waals surface area contributed by atoms with E-state index in [1.54, 1.807) is 7.11 Å². The molecule has 1 heterocycles. The monoisotopic (exact) mass is 195 g/mol. The maximum atomic E-state index is 5.45. The quantitative estimate of drug-likeness (QED) is 0.733. The van der Waals surface area contributed by atoms with Crippen LogP contribution in [-0.2, 0) is 11.4 Å². The van der Waals surface area contributed by atoms with Crippen LogP contribution in [0.4, 0.5) is 0 Å². The van der Waals surface area contributed by atoms with Crippen LogP contribution in [0.3, 0.4) is 0 Å². The summed E-state index contributed by atoms with van der Waals surface area (Å²) in [6.07, 6.45) is 0. The Morgan fingerprint density at radius 2 is 2.07 bits per heavy atom. The highest BCUT2D eigenvalue weighted by Crippen LogP contribution is 2.30. The van der Waals surface area contributed by atoms with E-state index in [4.69, 9.17) is 14.3 Å². The third-order valence-electron chi connectivity index (χ3n) is 2.03. The van der Waals surface area contributed by atoms with Gasteiger partial charge in [-0.2, -0.15) is 5.48 Å². The Bertz CT molecular complexity index is 314. The zero-order valence-electron chi connectivity index (χ0n) is 8.08. The van der Waals surface area contributed by atoms with Gasteiger partial charge in [-0.25, -0.2) is 0 Å². The number of fused-ring (bicyclic) bond motifs is 1. The minimum absolute atomic E-state index is 0.619. The fraction of sp³-hybridized carbons (Fsp3) is 0.400. The van der Waals surface area contributed by atoms with Crippen molar-refractivity contribution in [1.29, 1.82) is 0 Å². The van der Waals surface area contributed by atoms with E-state index in [-0.39, 0.29) is 0 Å². The van der Waals surface area contributed by atoms with Crippen molar-refractivity contribution in [3.05, 3.63) is 23.8 Å². The van der Waals surface area contributed by atoms with Crippen molar-refractivity contribution in [3.8, 4) is 11.5 Å². The molecular weight excluding hydrogens is 182 g/mol. The lowest BCUT2D eigenvalue weighted by Crippen LogP contribution is -2.16. The third-order valence-corrected chi connectivity index (χ3v) is 2.03. The molecule has 0 saturated heterocycles. The van der Waals surface area contributed by atoms with E-state index in [1.807, 2.05) is 18.2 Å². The summed E-state index contributed by atoms with van der Waals surface area (Å²) >= 11 is 0. The normalized spacial score (nSPS) is 14.1. The predicted octanol–water partition coefficient (Wildman–Crippen LogP) is 1.11. The van der Waals surface area contributed by atoms with Crippen LogP contribution >= 0.6 is 0 Å². The van der Waals surface area contributed by atoms with Gasteiger partial charge in [0.25, 0.3) is 0 Å². The molecule has 0 amide bonds. The highest BCUT2D eigenvalue weighted by Gasteiger charge is 2.11. The molecule has 1 aromatic rings. The summed E-state index contributed by atoms with van der Waals surface area (Å²) < 4.78 is 10.9. The Labute approximate surface area is 82.7 Å². The van der Waals surface area contributed by atoms with E-state index < -0.39 is 0 Å². The first kappa shape index (κ1) is 9.30. The second kappa shape index (κ2) is 4.30. The number of ether oxygens (including phenoxy) is 2. The molecule has 1 aliphatic heterocycles. The number of nitrogens with one attached hydrogen (secondary N) is 1. The summed E-state index contributed by atoms with van der Waals surface area (Å²) in [5.74, 6) is 1.63. The van der Waals surface area contributed by atoms with Crippen LogP contribution in [-0.4, -0.2) is 20.3 Å². The van der Waals surface area contributed by atoms with E-state index in [2.05, 4.69) is 5.48 Å². The van der Waals surface area contributed by atoms with Gasteiger partial charge >= 0.3 is 0 Å². The lowest BCUT2D eigenvalue weighted by atomic mass is 10.2. The van der Waals surface area contributed by atoms with Gasteiger partial charge in [0.15, 0.2) is 11.5 Å². The Morgan fingerprint density at radius 3 is 2.86 bits per heavy atom. The zero-order chi connectivity index (χ0) is 9.80. The zero-order valence-corrected chi connectivity index (χ0v) is 8.08. The molecule has 0 bridgehead atoms. The molecule has 0 aromatic heterocycles. The van der Waals surface area contributed by atoms with Gasteiger partial charge in [-0.05, 0) is 17.7 Å².